The molecule has 2 fully saturated rings. The number of carbonyl (C=O) groups excluding carboxylic acids is 1. The van der Waals surface area contributed by atoms with Crippen molar-refractivity contribution in [2.24, 2.45) is 0 Å². The topological polar surface area (TPSA) is 48.5 Å². The van der Waals surface area contributed by atoms with Gasteiger partial charge < -0.3 is 19.3 Å². The highest BCUT2D eigenvalue weighted by molar-refractivity contribution is 6.15. The van der Waals surface area contributed by atoms with Crippen LogP contribution >= 0.6 is 0 Å². The van der Waals surface area contributed by atoms with E-state index in [1.807, 2.05) is 40.3 Å². The maximum atomic E-state index is 13.9. The molecule has 38 heavy (non-hydrogen) atoms. The lowest BCUT2D eigenvalue weighted by molar-refractivity contribution is 0.0374. The molecule has 2 saturated heterocycles. The minimum absolute atomic E-state index is 0.0807. The summed E-state index contributed by atoms with van der Waals surface area (Å²) in [4.78, 5) is 22.9. The molecule has 7 nitrogen and oxygen atoms in total. The third-order valence-electron chi connectivity index (χ3n) is 7.66. The summed E-state index contributed by atoms with van der Waals surface area (Å²) < 4.78 is 10.9. The van der Waals surface area contributed by atoms with Gasteiger partial charge in [0.05, 0.1) is 26.4 Å². The van der Waals surface area contributed by atoms with Crippen molar-refractivity contribution in [1.29, 1.82) is 0 Å². The first kappa shape index (κ1) is 28.6. The monoisotopic (exact) mass is 522 g/mol. The number of nitrogens with zero attached hydrogens (tertiary/aromatic N) is 4. The molecule has 2 heterocycles. The van der Waals surface area contributed by atoms with E-state index in [1.54, 1.807) is 0 Å². The van der Waals surface area contributed by atoms with Crippen LogP contribution in [-0.2, 0) is 22.3 Å². The molecule has 0 amide bonds. The van der Waals surface area contributed by atoms with Crippen LogP contribution in [0.15, 0.2) is 36.4 Å². The number of hydrogen-bond acceptors (Lipinski definition) is 7. The summed E-state index contributed by atoms with van der Waals surface area (Å²) in [6.07, 6.45) is 4.24. The number of rotatable bonds is 12. The van der Waals surface area contributed by atoms with Crippen LogP contribution in [0.1, 0.15) is 39.9 Å². The summed E-state index contributed by atoms with van der Waals surface area (Å²) in [7, 11) is 8.09. The first-order valence-corrected chi connectivity index (χ1v) is 14.2. The van der Waals surface area contributed by atoms with Crippen molar-refractivity contribution in [2.45, 2.75) is 25.7 Å². The highest BCUT2D eigenvalue weighted by Gasteiger charge is 2.20. The standard InChI is InChI=1S/C31H46N4O3/c1-32(2)29-23-25(7-5-13-34-15-19-37-20-16-34)9-11-27(29)31(36)28-12-10-26(24-30(28)33(3)4)8-6-14-35-17-21-38-22-18-35/h9-12,23-24H,5-8,13-22H2,1-4H3. The second-order valence-corrected chi connectivity index (χ2v) is 10.9. The Morgan fingerprint density at radius 3 is 1.45 bits per heavy atom. The smallest absolute Gasteiger partial charge is 0.197 e. The third-order valence-corrected chi connectivity index (χ3v) is 7.66. The lowest BCUT2D eigenvalue weighted by atomic mass is 9.95. The first-order chi connectivity index (χ1) is 18.4. The van der Waals surface area contributed by atoms with Crippen molar-refractivity contribution in [3.05, 3.63) is 58.7 Å². The molecule has 0 spiro atoms. The Labute approximate surface area is 229 Å². The van der Waals surface area contributed by atoms with Gasteiger partial charge in [-0.2, -0.15) is 0 Å². The average Bonchev–Trinajstić information content (AvgIpc) is 2.93. The van der Waals surface area contributed by atoms with E-state index < -0.39 is 0 Å². The molecule has 7 heteroatoms. The first-order valence-electron chi connectivity index (χ1n) is 14.2. The molecular formula is C31H46N4O3. The lowest BCUT2D eigenvalue weighted by Gasteiger charge is -2.26. The zero-order chi connectivity index (χ0) is 26.9. The number of ether oxygens (including phenoxy) is 2. The highest BCUT2D eigenvalue weighted by Crippen LogP contribution is 2.29. The largest absolute Gasteiger partial charge is 0.379 e. The predicted octanol–water partition coefficient (Wildman–Crippen LogP) is 3.58. The van der Waals surface area contributed by atoms with Crippen LogP contribution < -0.4 is 9.80 Å². The van der Waals surface area contributed by atoms with Gasteiger partial charge in [0.25, 0.3) is 0 Å². The van der Waals surface area contributed by atoms with Crippen LogP contribution in [0.4, 0.5) is 11.4 Å². The second-order valence-electron chi connectivity index (χ2n) is 10.9. The average molecular weight is 523 g/mol. The van der Waals surface area contributed by atoms with Gasteiger partial charge in [-0.1, -0.05) is 12.1 Å². The predicted molar refractivity (Wildman–Crippen MR) is 156 cm³/mol. The molecule has 4 rings (SSSR count). The van der Waals surface area contributed by atoms with Gasteiger partial charge in [-0.05, 0) is 74.2 Å². The fourth-order valence-corrected chi connectivity index (χ4v) is 5.40. The summed E-state index contributed by atoms with van der Waals surface area (Å²) in [5, 5.41) is 0. The summed E-state index contributed by atoms with van der Waals surface area (Å²) in [6.45, 7) is 9.64. The maximum absolute atomic E-state index is 13.9. The molecule has 0 unspecified atom stereocenters. The summed E-state index contributed by atoms with van der Waals surface area (Å²) in [5.41, 5.74) is 6.05. The van der Waals surface area contributed by atoms with E-state index in [0.29, 0.717) is 0 Å². The molecule has 2 aromatic rings. The van der Waals surface area contributed by atoms with Crippen LogP contribution in [0.2, 0.25) is 0 Å². The summed E-state index contributed by atoms with van der Waals surface area (Å²) in [6, 6.07) is 12.7. The Hall–Kier alpha value is -2.45. The normalized spacial score (nSPS) is 16.9. The number of benzene rings is 2. The zero-order valence-electron chi connectivity index (χ0n) is 23.9. The van der Waals surface area contributed by atoms with Crippen LogP contribution in [-0.4, -0.2) is 109 Å². The van der Waals surface area contributed by atoms with Crippen molar-refractivity contribution >= 4 is 17.2 Å². The van der Waals surface area contributed by atoms with Crippen LogP contribution in [0.3, 0.4) is 0 Å². The van der Waals surface area contributed by atoms with Crippen LogP contribution in [0, 0.1) is 0 Å². The number of morpholine rings is 2. The van der Waals surface area contributed by atoms with Crippen molar-refractivity contribution in [1.82, 2.24) is 9.80 Å². The van der Waals surface area contributed by atoms with Crippen molar-refractivity contribution in [3.8, 4) is 0 Å². The van der Waals surface area contributed by atoms with Gasteiger partial charge in [0.1, 0.15) is 0 Å². The van der Waals surface area contributed by atoms with Crippen molar-refractivity contribution < 1.29 is 14.3 Å². The minimum Gasteiger partial charge on any atom is -0.379 e. The number of aryl methyl sites for hydroxylation is 2. The Morgan fingerprint density at radius 1 is 0.684 bits per heavy atom. The molecule has 2 aliphatic rings. The molecule has 0 saturated carbocycles. The summed E-state index contributed by atoms with van der Waals surface area (Å²) >= 11 is 0. The fourth-order valence-electron chi connectivity index (χ4n) is 5.40. The van der Waals surface area contributed by atoms with Gasteiger partial charge >= 0.3 is 0 Å². The Morgan fingerprint density at radius 2 is 1.08 bits per heavy atom. The number of carbonyl (C=O) groups is 1. The molecule has 0 aliphatic carbocycles. The molecule has 0 atom stereocenters. The van der Waals surface area contributed by atoms with E-state index >= 15 is 0 Å². The van der Waals surface area contributed by atoms with E-state index in [2.05, 4.69) is 43.9 Å². The van der Waals surface area contributed by atoms with E-state index in [-0.39, 0.29) is 5.78 Å². The molecule has 2 aliphatic heterocycles. The quantitative estimate of drug-likeness (QED) is 0.395. The van der Waals surface area contributed by atoms with Gasteiger partial charge in [-0.25, -0.2) is 0 Å². The highest BCUT2D eigenvalue weighted by atomic mass is 16.5. The second kappa shape index (κ2) is 14.1. The van der Waals surface area contributed by atoms with Gasteiger partial charge in [-0.15, -0.1) is 0 Å². The molecule has 0 radical (unpaired) electrons. The van der Waals surface area contributed by atoms with Gasteiger partial charge in [0.15, 0.2) is 5.78 Å². The van der Waals surface area contributed by atoms with Crippen LogP contribution in [0.25, 0.3) is 0 Å². The van der Waals surface area contributed by atoms with Gasteiger partial charge in [-0.3, -0.25) is 14.6 Å². The van der Waals surface area contributed by atoms with Crippen molar-refractivity contribution in [3.63, 3.8) is 0 Å². The van der Waals surface area contributed by atoms with E-state index in [1.165, 1.54) is 11.1 Å². The number of anilines is 2. The van der Waals surface area contributed by atoms with Crippen LogP contribution in [0.5, 0.6) is 0 Å². The van der Waals surface area contributed by atoms with Crippen molar-refractivity contribution in [2.75, 3.05) is 104 Å². The van der Waals surface area contributed by atoms with E-state index in [4.69, 9.17) is 9.47 Å². The Bertz CT molecular complexity index is 962. The number of hydrogen-bond donors (Lipinski definition) is 0. The third kappa shape index (κ3) is 7.79. The molecular weight excluding hydrogens is 476 g/mol. The minimum atomic E-state index is 0.0807. The zero-order valence-corrected chi connectivity index (χ0v) is 23.9. The molecule has 0 aromatic heterocycles. The Balaban J connectivity index is 1.44. The van der Waals surface area contributed by atoms with E-state index in [9.17, 15) is 4.79 Å². The SMILES string of the molecule is CN(C)c1cc(CCCN2CCOCC2)ccc1C(=O)c1ccc(CCCN2CCOCC2)cc1N(C)C. The Kier molecular flexibility index (Phi) is 10.6. The molecule has 2 aromatic carbocycles. The fraction of sp³-hybridized carbons (Fsp3) is 0.581. The molecule has 0 bridgehead atoms. The maximum Gasteiger partial charge on any atom is 0.197 e. The van der Waals surface area contributed by atoms with Gasteiger partial charge in [0.2, 0.25) is 0 Å². The van der Waals surface area contributed by atoms with Gasteiger partial charge in [0, 0.05) is 76.9 Å². The van der Waals surface area contributed by atoms with E-state index in [0.717, 1.165) is 114 Å². The lowest BCUT2D eigenvalue weighted by Crippen LogP contribution is -2.36. The molecule has 0 N–H and O–H groups in total. The molecule has 208 valence electrons. The summed E-state index contributed by atoms with van der Waals surface area (Å²) in [5.74, 6) is 0.0807. The number of ketones is 1.